The van der Waals surface area contributed by atoms with Gasteiger partial charge in [-0.25, -0.2) is 4.79 Å². The fraction of sp³-hybridized carbons (Fsp3) is 0.667. The first-order chi connectivity index (χ1) is 7.93. The van der Waals surface area contributed by atoms with Gasteiger partial charge in [0.25, 0.3) is 0 Å². The Morgan fingerprint density at radius 1 is 1.53 bits per heavy atom. The van der Waals surface area contributed by atoms with Gasteiger partial charge in [-0.2, -0.15) is 5.10 Å². The molecule has 0 aromatic carbocycles. The molecule has 0 radical (unpaired) electrons. The number of aromatic carboxylic acids is 1. The summed E-state index contributed by atoms with van der Waals surface area (Å²) < 4.78 is 1.61. The molecule has 0 aliphatic heterocycles. The van der Waals surface area contributed by atoms with E-state index in [4.69, 9.17) is 5.11 Å². The number of carboxylic acid groups (broad SMARTS) is 1. The maximum Gasteiger partial charge on any atom is 0.339 e. The van der Waals surface area contributed by atoms with Gasteiger partial charge in [-0.3, -0.25) is 4.68 Å². The Balaban J connectivity index is 2.82. The zero-order chi connectivity index (χ0) is 13.1. The second kappa shape index (κ2) is 5.31. The van der Waals surface area contributed by atoms with Gasteiger partial charge in [0, 0.05) is 19.1 Å². The summed E-state index contributed by atoms with van der Waals surface area (Å²) in [6, 6.07) is 0. The van der Waals surface area contributed by atoms with Crippen LogP contribution in [0.4, 0.5) is 0 Å². The molecular formula is C12H21N3O2. The number of aromatic nitrogens is 2. The molecule has 1 rings (SSSR count). The molecule has 1 aromatic rings. The van der Waals surface area contributed by atoms with Crippen molar-refractivity contribution in [2.45, 2.75) is 45.7 Å². The maximum atomic E-state index is 11.0. The highest BCUT2D eigenvalue weighted by atomic mass is 16.4. The standard InChI is InChI=1S/C12H21N3O2/c1-5-12(3,6-2)13-8-10-9(11(16)17)7-14-15(10)4/h7,13H,5-6,8H2,1-4H3,(H,16,17). The second-order valence-electron chi connectivity index (χ2n) is 4.56. The summed E-state index contributed by atoms with van der Waals surface area (Å²) >= 11 is 0. The summed E-state index contributed by atoms with van der Waals surface area (Å²) in [6.45, 7) is 6.91. The van der Waals surface area contributed by atoms with Gasteiger partial charge in [0.2, 0.25) is 0 Å². The van der Waals surface area contributed by atoms with Crippen LogP contribution < -0.4 is 5.32 Å². The number of hydrogen-bond donors (Lipinski definition) is 2. The third-order valence-electron chi connectivity index (χ3n) is 3.54. The molecule has 0 aliphatic carbocycles. The van der Waals surface area contributed by atoms with Crippen molar-refractivity contribution in [2.75, 3.05) is 0 Å². The Bertz CT molecular complexity index is 394. The Morgan fingerprint density at radius 2 is 2.12 bits per heavy atom. The van der Waals surface area contributed by atoms with Gasteiger partial charge in [0.15, 0.2) is 0 Å². The van der Waals surface area contributed by atoms with Crippen LogP contribution in [-0.2, 0) is 13.6 Å². The van der Waals surface area contributed by atoms with Crippen molar-refractivity contribution in [3.05, 3.63) is 17.5 Å². The molecule has 0 fully saturated rings. The number of aryl methyl sites for hydroxylation is 1. The van der Waals surface area contributed by atoms with E-state index in [-0.39, 0.29) is 11.1 Å². The molecule has 0 saturated carbocycles. The first kappa shape index (κ1) is 13.7. The molecule has 0 aliphatic rings. The second-order valence-corrected chi connectivity index (χ2v) is 4.56. The Kier molecular flexibility index (Phi) is 4.28. The Morgan fingerprint density at radius 3 is 2.59 bits per heavy atom. The third kappa shape index (κ3) is 3.06. The lowest BCUT2D eigenvalue weighted by Crippen LogP contribution is -2.41. The summed E-state index contributed by atoms with van der Waals surface area (Å²) in [4.78, 5) is 11.0. The average Bonchev–Trinajstić information content (AvgIpc) is 2.68. The highest BCUT2D eigenvalue weighted by Crippen LogP contribution is 2.16. The highest BCUT2D eigenvalue weighted by Gasteiger charge is 2.21. The molecule has 2 N–H and O–H groups in total. The van der Waals surface area contributed by atoms with Crippen molar-refractivity contribution in [3.63, 3.8) is 0 Å². The predicted molar refractivity (Wildman–Crippen MR) is 66.0 cm³/mol. The van der Waals surface area contributed by atoms with Crippen molar-refractivity contribution >= 4 is 5.97 Å². The van der Waals surface area contributed by atoms with E-state index in [9.17, 15) is 4.79 Å². The van der Waals surface area contributed by atoms with Gasteiger partial charge < -0.3 is 10.4 Å². The quantitative estimate of drug-likeness (QED) is 0.794. The molecule has 0 unspecified atom stereocenters. The van der Waals surface area contributed by atoms with Gasteiger partial charge in [0.1, 0.15) is 5.56 Å². The number of rotatable bonds is 6. The van der Waals surface area contributed by atoms with Gasteiger partial charge in [0.05, 0.1) is 11.9 Å². The summed E-state index contributed by atoms with van der Waals surface area (Å²) in [5.41, 5.74) is 1.03. The van der Waals surface area contributed by atoms with E-state index in [1.54, 1.807) is 11.7 Å². The minimum atomic E-state index is -0.926. The Labute approximate surface area is 102 Å². The van der Waals surface area contributed by atoms with Crippen LogP contribution in [0.25, 0.3) is 0 Å². The first-order valence-corrected chi connectivity index (χ1v) is 5.92. The van der Waals surface area contributed by atoms with Crippen molar-refractivity contribution in [3.8, 4) is 0 Å². The molecule has 0 bridgehead atoms. The molecule has 17 heavy (non-hydrogen) atoms. The summed E-state index contributed by atoms with van der Waals surface area (Å²) in [7, 11) is 1.76. The fourth-order valence-electron chi connectivity index (χ4n) is 1.65. The van der Waals surface area contributed by atoms with E-state index in [0.717, 1.165) is 12.8 Å². The van der Waals surface area contributed by atoms with Crippen LogP contribution in [-0.4, -0.2) is 26.4 Å². The van der Waals surface area contributed by atoms with Crippen LogP contribution in [0.15, 0.2) is 6.20 Å². The van der Waals surface area contributed by atoms with Crippen LogP contribution in [0.3, 0.4) is 0 Å². The largest absolute Gasteiger partial charge is 0.478 e. The summed E-state index contributed by atoms with van der Waals surface area (Å²) in [5.74, 6) is -0.926. The van der Waals surface area contributed by atoms with E-state index in [0.29, 0.717) is 12.2 Å². The lowest BCUT2D eigenvalue weighted by atomic mass is 9.95. The van der Waals surface area contributed by atoms with Gasteiger partial charge in [-0.1, -0.05) is 13.8 Å². The number of nitrogens with one attached hydrogen (secondary N) is 1. The molecule has 1 aromatic heterocycles. The van der Waals surface area contributed by atoms with E-state index in [2.05, 4.69) is 31.2 Å². The maximum absolute atomic E-state index is 11.0. The molecule has 0 atom stereocenters. The van der Waals surface area contributed by atoms with E-state index >= 15 is 0 Å². The summed E-state index contributed by atoms with van der Waals surface area (Å²) in [5, 5.41) is 16.4. The Hall–Kier alpha value is -1.36. The summed E-state index contributed by atoms with van der Waals surface area (Å²) in [6.07, 6.45) is 3.40. The topological polar surface area (TPSA) is 67.2 Å². The normalized spacial score (nSPS) is 11.8. The number of nitrogens with zero attached hydrogens (tertiary/aromatic N) is 2. The molecule has 5 nitrogen and oxygen atoms in total. The monoisotopic (exact) mass is 239 g/mol. The van der Waals surface area contributed by atoms with Gasteiger partial charge >= 0.3 is 5.97 Å². The van der Waals surface area contributed by atoms with Crippen LogP contribution in [0.2, 0.25) is 0 Å². The molecule has 96 valence electrons. The smallest absolute Gasteiger partial charge is 0.339 e. The molecule has 5 heteroatoms. The molecule has 0 saturated heterocycles. The van der Waals surface area contributed by atoms with E-state index in [1.807, 2.05) is 0 Å². The SMILES string of the molecule is CCC(C)(CC)NCc1c(C(=O)O)cnn1C. The highest BCUT2D eigenvalue weighted by molar-refractivity contribution is 5.88. The average molecular weight is 239 g/mol. The number of hydrogen-bond acceptors (Lipinski definition) is 3. The zero-order valence-corrected chi connectivity index (χ0v) is 10.9. The lowest BCUT2D eigenvalue weighted by molar-refractivity contribution is 0.0695. The van der Waals surface area contributed by atoms with Crippen molar-refractivity contribution in [1.29, 1.82) is 0 Å². The van der Waals surface area contributed by atoms with Gasteiger partial charge in [-0.15, -0.1) is 0 Å². The van der Waals surface area contributed by atoms with Crippen LogP contribution >= 0.6 is 0 Å². The van der Waals surface area contributed by atoms with Gasteiger partial charge in [-0.05, 0) is 19.8 Å². The fourth-order valence-corrected chi connectivity index (χ4v) is 1.65. The van der Waals surface area contributed by atoms with Crippen LogP contribution in [0.1, 0.15) is 49.7 Å². The number of carbonyl (C=O) groups is 1. The van der Waals surface area contributed by atoms with Crippen LogP contribution in [0.5, 0.6) is 0 Å². The third-order valence-corrected chi connectivity index (χ3v) is 3.54. The minimum absolute atomic E-state index is 0.0417. The van der Waals surface area contributed by atoms with Crippen LogP contribution in [0, 0.1) is 0 Å². The number of carboxylic acids is 1. The van der Waals surface area contributed by atoms with Crippen molar-refractivity contribution in [1.82, 2.24) is 15.1 Å². The molecular weight excluding hydrogens is 218 g/mol. The van der Waals surface area contributed by atoms with Crippen molar-refractivity contribution in [2.24, 2.45) is 7.05 Å². The van der Waals surface area contributed by atoms with E-state index < -0.39 is 5.97 Å². The first-order valence-electron chi connectivity index (χ1n) is 5.92. The molecule has 1 heterocycles. The van der Waals surface area contributed by atoms with E-state index in [1.165, 1.54) is 6.20 Å². The molecule has 0 amide bonds. The predicted octanol–water partition coefficient (Wildman–Crippen LogP) is 1.79. The van der Waals surface area contributed by atoms with Crippen molar-refractivity contribution < 1.29 is 9.90 Å². The zero-order valence-electron chi connectivity index (χ0n) is 10.9. The minimum Gasteiger partial charge on any atom is -0.478 e. The lowest BCUT2D eigenvalue weighted by Gasteiger charge is -2.28. The molecule has 0 spiro atoms.